The number of benzene rings is 1. The third-order valence-electron chi connectivity index (χ3n) is 1.79. The van der Waals surface area contributed by atoms with Crippen molar-refractivity contribution < 1.29 is 4.79 Å². The highest BCUT2D eigenvalue weighted by molar-refractivity contribution is 6.35. The van der Waals surface area contributed by atoms with Crippen molar-refractivity contribution in [1.82, 2.24) is 15.0 Å². The smallest absolute Gasteiger partial charge is 0.171 e. The molecule has 0 radical (unpaired) electrons. The fraction of sp³-hybridized carbons (Fsp3) is 0. The number of hydrogen-bond acceptors (Lipinski definition) is 3. The highest BCUT2D eigenvalue weighted by atomic mass is 35.5. The number of aromatic nitrogens is 3. The quantitative estimate of drug-likeness (QED) is 0.759. The van der Waals surface area contributed by atoms with Gasteiger partial charge in [-0.05, 0) is 18.2 Å². The first-order valence-electron chi connectivity index (χ1n) is 4.03. The molecule has 0 unspecified atom stereocenters. The molecule has 0 bridgehead atoms. The maximum absolute atomic E-state index is 10.4. The van der Waals surface area contributed by atoms with E-state index >= 15 is 0 Å². The molecule has 1 aromatic heterocycles. The Morgan fingerprint density at radius 1 is 1.33 bits per heavy atom. The molecule has 0 saturated carbocycles. The van der Waals surface area contributed by atoms with Gasteiger partial charge in [-0.3, -0.25) is 4.79 Å². The summed E-state index contributed by atoms with van der Waals surface area (Å²) in [7, 11) is 0. The maximum atomic E-state index is 10.4. The van der Waals surface area contributed by atoms with Crippen LogP contribution in [0.5, 0.6) is 0 Å². The van der Waals surface area contributed by atoms with Crippen molar-refractivity contribution in [3.05, 3.63) is 40.1 Å². The Balaban J connectivity index is 2.49. The number of rotatable bonds is 2. The summed E-state index contributed by atoms with van der Waals surface area (Å²) < 4.78 is 1.42. The van der Waals surface area contributed by atoms with Gasteiger partial charge in [0.05, 0.1) is 16.9 Å². The van der Waals surface area contributed by atoms with Gasteiger partial charge in [0.15, 0.2) is 6.29 Å². The van der Waals surface area contributed by atoms with Crippen LogP contribution in [0.3, 0.4) is 0 Å². The molecule has 76 valence electrons. The van der Waals surface area contributed by atoms with E-state index in [2.05, 4.69) is 10.3 Å². The van der Waals surface area contributed by atoms with E-state index in [1.165, 1.54) is 10.9 Å². The standard InChI is InChI=1S/C9H5Cl2N3O/c10-6-1-2-9(8(11)3-6)14-4-7(5-15)12-13-14/h1-5H. The van der Waals surface area contributed by atoms with Gasteiger partial charge in [0.25, 0.3) is 0 Å². The zero-order chi connectivity index (χ0) is 10.8. The second-order valence-corrected chi connectivity index (χ2v) is 3.65. The number of aldehydes is 1. The summed E-state index contributed by atoms with van der Waals surface area (Å²) in [6, 6.07) is 4.99. The lowest BCUT2D eigenvalue weighted by atomic mass is 10.3. The third kappa shape index (κ3) is 2.00. The van der Waals surface area contributed by atoms with Crippen LogP contribution in [-0.4, -0.2) is 21.3 Å². The van der Waals surface area contributed by atoms with Crippen molar-refractivity contribution in [2.75, 3.05) is 0 Å². The van der Waals surface area contributed by atoms with Crippen LogP contribution in [0.2, 0.25) is 10.0 Å². The van der Waals surface area contributed by atoms with Crippen molar-refractivity contribution in [3.8, 4) is 5.69 Å². The van der Waals surface area contributed by atoms with Gasteiger partial charge in [-0.1, -0.05) is 28.4 Å². The Bertz CT molecular complexity index is 510. The Hall–Kier alpha value is -1.39. The predicted octanol–water partition coefficient (Wildman–Crippen LogP) is 2.39. The Labute approximate surface area is 95.4 Å². The van der Waals surface area contributed by atoms with E-state index in [9.17, 15) is 4.79 Å². The van der Waals surface area contributed by atoms with Gasteiger partial charge in [0.2, 0.25) is 0 Å². The van der Waals surface area contributed by atoms with Crippen LogP contribution in [-0.2, 0) is 0 Å². The van der Waals surface area contributed by atoms with Crippen LogP contribution in [0.1, 0.15) is 10.5 Å². The highest BCUT2D eigenvalue weighted by Crippen LogP contribution is 2.23. The third-order valence-corrected chi connectivity index (χ3v) is 2.33. The normalized spacial score (nSPS) is 10.3. The lowest BCUT2D eigenvalue weighted by Gasteiger charge is -2.02. The number of hydrogen-bond donors (Lipinski definition) is 0. The molecule has 0 aliphatic carbocycles. The number of halogens is 2. The molecule has 0 amide bonds. The minimum atomic E-state index is 0.251. The van der Waals surface area contributed by atoms with Crippen LogP contribution in [0.25, 0.3) is 5.69 Å². The molecule has 0 aliphatic heterocycles. The summed E-state index contributed by atoms with van der Waals surface area (Å²) in [5.74, 6) is 0. The van der Waals surface area contributed by atoms with Crippen molar-refractivity contribution in [1.29, 1.82) is 0 Å². The van der Waals surface area contributed by atoms with Gasteiger partial charge in [0, 0.05) is 5.02 Å². The lowest BCUT2D eigenvalue weighted by Crippen LogP contribution is -1.95. The van der Waals surface area contributed by atoms with Crippen LogP contribution >= 0.6 is 23.2 Å². The summed E-state index contributed by atoms with van der Waals surface area (Å²) in [5, 5.41) is 8.37. The SMILES string of the molecule is O=Cc1cn(-c2ccc(Cl)cc2Cl)nn1. The predicted molar refractivity (Wildman–Crippen MR) is 56.8 cm³/mol. The molecule has 0 aliphatic rings. The summed E-state index contributed by atoms with van der Waals surface area (Å²) in [4.78, 5) is 10.4. The zero-order valence-corrected chi connectivity index (χ0v) is 8.90. The number of carbonyl (C=O) groups is 1. The van der Waals surface area contributed by atoms with Crippen LogP contribution in [0, 0.1) is 0 Å². The molecule has 15 heavy (non-hydrogen) atoms. The first-order valence-corrected chi connectivity index (χ1v) is 4.79. The van der Waals surface area contributed by atoms with Crippen LogP contribution in [0.15, 0.2) is 24.4 Å². The van der Waals surface area contributed by atoms with Crippen molar-refractivity contribution >= 4 is 29.5 Å². The molecular weight excluding hydrogens is 237 g/mol. The van der Waals surface area contributed by atoms with Gasteiger partial charge in [-0.15, -0.1) is 5.10 Å². The van der Waals surface area contributed by atoms with Crippen molar-refractivity contribution in [3.63, 3.8) is 0 Å². The van der Waals surface area contributed by atoms with Gasteiger partial charge >= 0.3 is 0 Å². The lowest BCUT2D eigenvalue weighted by molar-refractivity contribution is 0.111. The molecule has 0 spiro atoms. The second kappa shape index (κ2) is 4.00. The molecule has 2 rings (SSSR count). The van der Waals surface area contributed by atoms with Crippen LogP contribution in [0.4, 0.5) is 0 Å². The van der Waals surface area contributed by atoms with E-state index < -0.39 is 0 Å². The van der Waals surface area contributed by atoms with E-state index in [1.54, 1.807) is 18.2 Å². The fourth-order valence-corrected chi connectivity index (χ4v) is 1.61. The molecule has 2 aromatic rings. The van der Waals surface area contributed by atoms with Gasteiger partial charge in [-0.2, -0.15) is 0 Å². The Kier molecular flexibility index (Phi) is 2.70. The molecule has 0 atom stereocenters. The van der Waals surface area contributed by atoms with Gasteiger partial charge in [0.1, 0.15) is 5.69 Å². The van der Waals surface area contributed by atoms with Crippen molar-refractivity contribution in [2.24, 2.45) is 0 Å². The zero-order valence-electron chi connectivity index (χ0n) is 7.39. The van der Waals surface area contributed by atoms with Gasteiger partial charge in [-0.25, -0.2) is 4.68 Å². The summed E-state index contributed by atoms with van der Waals surface area (Å²) >= 11 is 11.7. The van der Waals surface area contributed by atoms with E-state index in [1.807, 2.05) is 0 Å². The topological polar surface area (TPSA) is 47.8 Å². The first kappa shape index (κ1) is 10.1. The monoisotopic (exact) mass is 241 g/mol. The molecule has 1 aromatic carbocycles. The minimum Gasteiger partial charge on any atom is -0.296 e. The number of carbonyl (C=O) groups excluding carboxylic acids is 1. The summed E-state index contributed by atoms with van der Waals surface area (Å²) in [6.07, 6.45) is 2.11. The van der Waals surface area contributed by atoms with Crippen molar-refractivity contribution in [2.45, 2.75) is 0 Å². The highest BCUT2D eigenvalue weighted by Gasteiger charge is 2.06. The largest absolute Gasteiger partial charge is 0.296 e. The molecule has 0 N–H and O–H groups in total. The molecule has 1 heterocycles. The van der Waals surface area contributed by atoms with Crippen LogP contribution < -0.4 is 0 Å². The Morgan fingerprint density at radius 3 is 2.73 bits per heavy atom. The van der Waals surface area contributed by atoms with E-state index in [0.29, 0.717) is 22.0 Å². The van der Waals surface area contributed by atoms with E-state index in [0.717, 1.165) is 0 Å². The maximum Gasteiger partial charge on any atom is 0.171 e. The second-order valence-electron chi connectivity index (χ2n) is 2.80. The number of nitrogens with zero attached hydrogens (tertiary/aromatic N) is 3. The molecule has 6 heteroatoms. The average Bonchev–Trinajstić information content (AvgIpc) is 2.66. The summed E-state index contributed by atoms with van der Waals surface area (Å²) in [5.41, 5.74) is 0.877. The minimum absolute atomic E-state index is 0.251. The fourth-order valence-electron chi connectivity index (χ4n) is 1.12. The molecular formula is C9H5Cl2N3O. The molecule has 0 fully saturated rings. The van der Waals surface area contributed by atoms with E-state index in [-0.39, 0.29) is 5.69 Å². The first-order chi connectivity index (χ1) is 7.20. The summed E-state index contributed by atoms with van der Waals surface area (Å²) in [6.45, 7) is 0. The Morgan fingerprint density at radius 2 is 2.13 bits per heavy atom. The average molecular weight is 242 g/mol. The van der Waals surface area contributed by atoms with E-state index in [4.69, 9.17) is 23.2 Å². The van der Waals surface area contributed by atoms with Gasteiger partial charge < -0.3 is 0 Å². The molecule has 4 nitrogen and oxygen atoms in total. The molecule has 0 saturated heterocycles.